The maximum atomic E-state index is 12.5. The Morgan fingerprint density at radius 3 is 3.20 bits per heavy atom. The van der Waals surface area contributed by atoms with Gasteiger partial charge in [-0.05, 0) is 25.0 Å². The zero-order valence-corrected chi connectivity index (χ0v) is 11.8. The topological polar surface area (TPSA) is 69.0 Å². The minimum atomic E-state index is -0.247. The molecule has 0 saturated carbocycles. The van der Waals surface area contributed by atoms with E-state index in [1.165, 1.54) is 0 Å². The monoisotopic (exact) mass is 288 g/mol. The number of hydrogen-bond acceptors (Lipinski definition) is 5. The summed E-state index contributed by atoms with van der Waals surface area (Å²) in [6, 6.07) is 7.56. The lowest BCUT2D eigenvalue weighted by atomic mass is 10.2. The number of likely N-dealkylation sites (tertiary alicyclic amines) is 1. The van der Waals surface area contributed by atoms with Crippen molar-refractivity contribution in [3.8, 4) is 6.07 Å². The Balaban J connectivity index is 1.65. The van der Waals surface area contributed by atoms with Crippen LogP contribution in [0.25, 0.3) is 0 Å². The van der Waals surface area contributed by atoms with E-state index >= 15 is 0 Å². The van der Waals surface area contributed by atoms with Gasteiger partial charge in [-0.25, -0.2) is 0 Å². The highest BCUT2D eigenvalue weighted by Crippen LogP contribution is 2.32. The Bertz CT molecular complexity index is 530. The van der Waals surface area contributed by atoms with E-state index in [4.69, 9.17) is 5.26 Å². The zero-order valence-electron chi connectivity index (χ0n) is 11.0. The van der Waals surface area contributed by atoms with Crippen molar-refractivity contribution in [2.75, 3.05) is 12.3 Å². The van der Waals surface area contributed by atoms with Crippen LogP contribution in [0, 0.1) is 11.3 Å². The van der Waals surface area contributed by atoms with Gasteiger partial charge in [-0.1, -0.05) is 6.07 Å². The molecule has 0 bridgehead atoms. The van der Waals surface area contributed by atoms with Crippen LogP contribution in [0.3, 0.4) is 0 Å². The molecule has 6 heteroatoms. The van der Waals surface area contributed by atoms with Crippen molar-refractivity contribution in [2.24, 2.45) is 0 Å². The molecular weight excluding hydrogens is 272 g/mol. The Morgan fingerprint density at radius 1 is 1.55 bits per heavy atom. The number of pyridine rings is 1. The summed E-state index contributed by atoms with van der Waals surface area (Å²) in [6.45, 7) is 0.703. The molecule has 2 aliphatic rings. The number of hydrogen-bond donors (Lipinski definition) is 1. The highest BCUT2D eigenvalue weighted by Gasteiger charge is 2.37. The normalized spacial score (nSPS) is 29.4. The van der Waals surface area contributed by atoms with Gasteiger partial charge >= 0.3 is 0 Å². The quantitative estimate of drug-likeness (QED) is 0.888. The fraction of sp³-hybridized carbons (Fsp3) is 0.500. The maximum Gasteiger partial charge on any atom is 0.241 e. The van der Waals surface area contributed by atoms with E-state index < -0.39 is 0 Å². The third kappa shape index (κ3) is 2.51. The number of rotatable bonds is 2. The molecule has 2 aliphatic heterocycles. The van der Waals surface area contributed by atoms with E-state index in [0.29, 0.717) is 6.54 Å². The molecule has 1 aromatic heterocycles. The number of carbonyl (C=O) groups excluding carboxylic acids is 1. The maximum absolute atomic E-state index is 12.5. The van der Waals surface area contributed by atoms with Gasteiger partial charge in [-0.2, -0.15) is 5.26 Å². The van der Waals surface area contributed by atoms with Crippen molar-refractivity contribution in [3.05, 3.63) is 30.1 Å². The average Bonchev–Trinajstić information content (AvgIpc) is 3.16. The van der Waals surface area contributed by atoms with Crippen LogP contribution in [0.4, 0.5) is 0 Å². The van der Waals surface area contributed by atoms with Crippen molar-refractivity contribution in [3.63, 3.8) is 0 Å². The number of nitrogens with one attached hydrogen (secondary N) is 1. The van der Waals surface area contributed by atoms with Crippen LogP contribution in [0.5, 0.6) is 0 Å². The number of thioether (sulfide) groups is 1. The zero-order chi connectivity index (χ0) is 13.9. The molecule has 2 saturated heterocycles. The fourth-order valence-corrected chi connectivity index (χ4v) is 3.88. The van der Waals surface area contributed by atoms with Crippen LogP contribution in [-0.4, -0.2) is 40.2 Å². The second kappa shape index (κ2) is 5.81. The van der Waals surface area contributed by atoms with Gasteiger partial charge in [0.25, 0.3) is 0 Å². The lowest BCUT2D eigenvalue weighted by Crippen LogP contribution is -2.46. The fourth-order valence-electron chi connectivity index (χ4n) is 2.68. The lowest BCUT2D eigenvalue weighted by molar-refractivity contribution is -0.132. The molecule has 5 nitrogen and oxygen atoms in total. The molecule has 3 heterocycles. The van der Waals surface area contributed by atoms with Gasteiger partial charge in [0.05, 0.1) is 23.2 Å². The molecule has 3 rings (SSSR count). The summed E-state index contributed by atoms with van der Waals surface area (Å²) in [7, 11) is 0. The second-order valence-corrected chi connectivity index (χ2v) is 6.14. The summed E-state index contributed by atoms with van der Waals surface area (Å²) in [5.74, 6) is 0.786. The van der Waals surface area contributed by atoms with Crippen molar-refractivity contribution in [2.45, 2.75) is 30.3 Å². The number of nitriles is 1. The Kier molecular flexibility index (Phi) is 3.90. The first-order valence-electron chi connectivity index (χ1n) is 6.78. The van der Waals surface area contributed by atoms with Crippen LogP contribution in [0.15, 0.2) is 24.4 Å². The van der Waals surface area contributed by atoms with E-state index in [1.807, 2.05) is 18.2 Å². The van der Waals surface area contributed by atoms with Crippen LogP contribution in [0.1, 0.15) is 23.9 Å². The van der Waals surface area contributed by atoms with Crippen LogP contribution >= 0.6 is 11.8 Å². The first-order valence-corrected chi connectivity index (χ1v) is 7.83. The summed E-state index contributed by atoms with van der Waals surface area (Å²) in [4.78, 5) is 18.5. The molecule has 0 aromatic carbocycles. The van der Waals surface area contributed by atoms with Gasteiger partial charge in [0.15, 0.2) is 0 Å². The number of amides is 1. The molecule has 0 aliphatic carbocycles. The summed E-state index contributed by atoms with van der Waals surface area (Å²) >= 11 is 1.70. The van der Waals surface area contributed by atoms with Crippen molar-refractivity contribution < 1.29 is 4.79 Å². The highest BCUT2D eigenvalue weighted by molar-refractivity contribution is 7.99. The van der Waals surface area contributed by atoms with Crippen molar-refractivity contribution in [1.29, 1.82) is 5.26 Å². The molecule has 0 spiro atoms. The van der Waals surface area contributed by atoms with E-state index in [-0.39, 0.29) is 23.4 Å². The van der Waals surface area contributed by atoms with Crippen LogP contribution in [0.2, 0.25) is 0 Å². The summed E-state index contributed by atoms with van der Waals surface area (Å²) in [5.41, 5.74) is 0.950. The highest BCUT2D eigenvalue weighted by atomic mass is 32.2. The number of nitrogens with zero attached hydrogens (tertiary/aromatic N) is 3. The average molecular weight is 288 g/mol. The lowest BCUT2D eigenvalue weighted by Gasteiger charge is -2.23. The third-order valence-corrected chi connectivity index (χ3v) is 4.96. The molecule has 1 aromatic rings. The van der Waals surface area contributed by atoms with Gasteiger partial charge in [-0.15, -0.1) is 11.8 Å². The van der Waals surface area contributed by atoms with Crippen molar-refractivity contribution in [1.82, 2.24) is 15.2 Å². The minimum absolute atomic E-state index is 0.0555. The number of carbonyl (C=O) groups is 1. The SMILES string of the molecule is N#C[C@@H]1CCCN1C(=O)[C@@H]1CSC(c2ccccn2)N1. The van der Waals surface area contributed by atoms with E-state index in [2.05, 4.69) is 16.4 Å². The smallest absolute Gasteiger partial charge is 0.241 e. The first kappa shape index (κ1) is 13.4. The molecule has 2 fully saturated rings. The van der Waals surface area contributed by atoms with Crippen LogP contribution < -0.4 is 5.32 Å². The molecule has 0 radical (unpaired) electrons. The number of aromatic nitrogens is 1. The van der Waals surface area contributed by atoms with Gasteiger partial charge < -0.3 is 4.90 Å². The van der Waals surface area contributed by atoms with Crippen molar-refractivity contribution >= 4 is 17.7 Å². The Labute approximate surface area is 122 Å². The molecule has 3 atom stereocenters. The molecule has 1 N–H and O–H groups in total. The van der Waals surface area contributed by atoms with Gasteiger partial charge in [0, 0.05) is 18.5 Å². The predicted molar refractivity (Wildman–Crippen MR) is 76.7 cm³/mol. The molecule has 1 unspecified atom stereocenters. The van der Waals surface area contributed by atoms with Gasteiger partial charge in [0.2, 0.25) is 5.91 Å². The third-order valence-electron chi connectivity index (χ3n) is 3.72. The molecule has 104 valence electrons. The van der Waals surface area contributed by atoms with E-state index in [1.54, 1.807) is 22.9 Å². The van der Waals surface area contributed by atoms with Gasteiger partial charge in [-0.3, -0.25) is 15.1 Å². The largest absolute Gasteiger partial charge is 0.325 e. The summed E-state index contributed by atoms with van der Waals surface area (Å²) in [6.07, 6.45) is 3.48. The predicted octanol–water partition coefficient (Wildman–Crippen LogP) is 1.30. The summed E-state index contributed by atoms with van der Waals surface area (Å²) in [5, 5.41) is 12.5. The molecule has 20 heavy (non-hydrogen) atoms. The standard InChI is InChI=1S/C14H16N4OS/c15-8-10-4-3-7-18(10)14(19)12-9-20-13(17-12)11-5-1-2-6-16-11/h1-2,5-6,10,12-13,17H,3-4,7,9H2/t10-,12-,13?/m0/s1. The molecular formula is C14H16N4OS. The second-order valence-electron chi connectivity index (χ2n) is 5.01. The minimum Gasteiger partial charge on any atom is -0.325 e. The Hall–Kier alpha value is -1.58. The first-order chi connectivity index (χ1) is 9.79. The Morgan fingerprint density at radius 2 is 2.45 bits per heavy atom. The molecule has 1 amide bonds. The summed E-state index contributed by atoms with van der Waals surface area (Å²) < 4.78 is 0. The van der Waals surface area contributed by atoms with Gasteiger partial charge in [0.1, 0.15) is 6.04 Å². The van der Waals surface area contributed by atoms with E-state index in [9.17, 15) is 4.79 Å². The van der Waals surface area contributed by atoms with Crippen LogP contribution in [-0.2, 0) is 4.79 Å². The van der Waals surface area contributed by atoms with E-state index in [0.717, 1.165) is 24.3 Å².